The van der Waals surface area contributed by atoms with Crippen molar-refractivity contribution >= 4 is 34.3 Å². The Hall–Kier alpha value is -3.80. The van der Waals surface area contributed by atoms with Gasteiger partial charge >= 0.3 is 5.97 Å². The van der Waals surface area contributed by atoms with Gasteiger partial charge in [-0.05, 0) is 34.5 Å². The van der Waals surface area contributed by atoms with Gasteiger partial charge in [-0.2, -0.15) is 0 Å². The summed E-state index contributed by atoms with van der Waals surface area (Å²) in [5, 5.41) is 12.4. The van der Waals surface area contributed by atoms with Crippen LogP contribution in [0.15, 0.2) is 72.8 Å². The molecule has 0 saturated carbocycles. The fraction of sp³-hybridized carbons (Fsp3) is 0.0476. The average molecular weight is 361 g/mol. The number of hydrogen-bond acceptors (Lipinski definition) is 5. The summed E-state index contributed by atoms with van der Waals surface area (Å²) in [6, 6.07) is 18.6. The lowest BCUT2D eigenvalue weighted by atomic mass is 10.0. The van der Waals surface area contributed by atoms with Crippen molar-refractivity contribution in [2.24, 2.45) is 0 Å². The van der Waals surface area contributed by atoms with E-state index in [1.807, 2.05) is 30.3 Å². The van der Waals surface area contributed by atoms with Crippen molar-refractivity contribution < 1.29 is 19.2 Å². The van der Waals surface area contributed by atoms with Gasteiger partial charge in [-0.3, -0.25) is 14.9 Å². The number of rotatable bonds is 6. The molecule has 134 valence electrons. The number of benzene rings is 3. The first kappa shape index (κ1) is 18.0. The maximum Gasteiger partial charge on any atom is 0.331 e. The fourth-order valence-electron chi connectivity index (χ4n) is 2.60. The van der Waals surface area contributed by atoms with Crippen molar-refractivity contribution in [2.75, 3.05) is 6.61 Å². The van der Waals surface area contributed by atoms with E-state index < -0.39 is 10.9 Å². The van der Waals surface area contributed by atoms with Crippen molar-refractivity contribution in [1.82, 2.24) is 0 Å². The zero-order chi connectivity index (χ0) is 19.2. The second-order valence-corrected chi connectivity index (χ2v) is 5.74. The molecule has 0 fully saturated rings. The van der Waals surface area contributed by atoms with Crippen LogP contribution in [0.1, 0.15) is 15.9 Å². The first-order valence-electron chi connectivity index (χ1n) is 8.15. The van der Waals surface area contributed by atoms with Crippen LogP contribution in [0.3, 0.4) is 0 Å². The largest absolute Gasteiger partial charge is 0.454 e. The van der Waals surface area contributed by atoms with Gasteiger partial charge in [-0.15, -0.1) is 0 Å². The van der Waals surface area contributed by atoms with Crippen LogP contribution < -0.4 is 0 Å². The molecular formula is C21H15NO5. The first-order valence-corrected chi connectivity index (χ1v) is 8.15. The number of nitro benzene ring substituents is 1. The van der Waals surface area contributed by atoms with Crippen molar-refractivity contribution in [3.63, 3.8) is 0 Å². The molecule has 3 rings (SSSR count). The lowest BCUT2D eigenvalue weighted by Gasteiger charge is -2.06. The third kappa shape index (κ3) is 4.43. The molecule has 0 aliphatic heterocycles. The number of fused-ring (bicyclic) bond motifs is 1. The van der Waals surface area contributed by atoms with Crippen molar-refractivity contribution in [3.05, 3.63) is 94.0 Å². The molecule has 3 aromatic rings. The summed E-state index contributed by atoms with van der Waals surface area (Å²) < 4.78 is 5.01. The normalized spacial score (nSPS) is 10.8. The lowest BCUT2D eigenvalue weighted by Crippen LogP contribution is -2.12. The third-order valence-corrected chi connectivity index (χ3v) is 3.95. The Morgan fingerprint density at radius 3 is 2.41 bits per heavy atom. The van der Waals surface area contributed by atoms with E-state index in [0.717, 1.165) is 10.8 Å². The molecule has 0 saturated heterocycles. The van der Waals surface area contributed by atoms with E-state index in [4.69, 9.17) is 4.74 Å². The summed E-state index contributed by atoms with van der Waals surface area (Å²) in [4.78, 5) is 34.3. The summed E-state index contributed by atoms with van der Waals surface area (Å²) in [5.41, 5.74) is 1.08. The van der Waals surface area contributed by atoms with Crippen LogP contribution >= 0.6 is 0 Å². The Labute approximate surface area is 154 Å². The van der Waals surface area contributed by atoms with Gasteiger partial charge in [0.15, 0.2) is 6.61 Å². The molecule has 0 aliphatic rings. The van der Waals surface area contributed by atoms with Crippen LogP contribution in [0.2, 0.25) is 0 Å². The number of carbonyl (C=O) groups excluding carboxylic acids is 2. The van der Waals surface area contributed by atoms with Crippen LogP contribution in [0.4, 0.5) is 5.69 Å². The molecule has 0 aliphatic carbocycles. The Morgan fingerprint density at radius 1 is 0.963 bits per heavy atom. The Balaban J connectivity index is 1.61. The minimum absolute atomic E-state index is 0.0320. The number of Topliss-reactive ketones (excluding diaryl/α,β-unsaturated/α-hetero) is 1. The number of hydrogen-bond donors (Lipinski definition) is 0. The fourth-order valence-corrected chi connectivity index (χ4v) is 2.60. The highest BCUT2D eigenvalue weighted by Crippen LogP contribution is 2.19. The molecule has 0 spiro atoms. The van der Waals surface area contributed by atoms with E-state index >= 15 is 0 Å². The van der Waals surface area contributed by atoms with Crippen molar-refractivity contribution in [2.45, 2.75) is 0 Å². The molecule has 0 atom stereocenters. The highest BCUT2D eigenvalue weighted by atomic mass is 16.6. The van der Waals surface area contributed by atoms with Gasteiger partial charge in [0, 0.05) is 23.8 Å². The van der Waals surface area contributed by atoms with Crippen LogP contribution in [0.5, 0.6) is 0 Å². The predicted molar refractivity (Wildman–Crippen MR) is 101 cm³/mol. The summed E-state index contributed by atoms with van der Waals surface area (Å²) in [7, 11) is 0. The minimum atomic E-state index is -0.665. The molecule has 0 bridgehead atoms. The van der Waals surface area contributed by atoms with Gasteiger partial charge in [-0.25, -0.2) is 4.79 Å². The van der Waals surface area contributed by atoms with E-state index in [1.165, 1.54) is 36.4 Å². The van der Waals surface area contributed by atoms with Crippen LogP contribution in [0.25, 0.3) is 16.8 Å². The van der Waals surface area contributed by atoms with Gasteiger partial charge < -0.3 is 4.74 Å². The summed E-state index contributed by atoms with van der Waals surface area (Å²) >= 11 is 0. The van der Waals surface area contributed by atoms with Gasteiger partial charge in [0.05, 0.1) is 4.92 Å². The van der Waals surface area contributed by atoms with Gasteiger partial charge in [-0.1, -0.05) is 42.5 Å². The molecule has 0 unspecified atom stereocenters. The maximum atomic E-state index is 12.4. The van der Waals surface area contributed by atoms with Crippen molar-refractivity contribution in [1.29, 1.82) is 0 Å². The molecule has 0 radical (unpaired) electrons. The van der Waals surface area contributed by atoms with Gasteiger partial charge in [0.1, 0.15) is 0 Å². The smallest absolute Gasteiger partial charge is 0.331 e. The van der Waals surface area contributed by atoms with Crippen molar-refractivity contribution in [3.8, 4) is 0 Å². The van der Waals surface area contributed by atoms with E-state index in [0.29, 0.717) is 11.1 Å². The van der Waals surface area contributed by atoms with Gasteiger partial charge in [0.2, 0.25) is 5.78 Å². The minimum Gasteiger partial charge on any atom is -0.454 e. The van der Waals surface area contributed by atoms with Crippen LogP contribution in [0, 0.1) is 10.1 Å². The monoisotopic (exact) mass is 361 g/mol. The first-order chi connectivity index (χ1) is 13.0. The zero-order valence-corrected chi connectivity index (χ0v) is 14.2. The quantitative estimate of drug-likeness (QED) is 0.216. The number of carbonyl (C=O) groups is 2. The molecule has 6 heteroatoms. The Morgan fingerprint density at radius 2 is 1.67 bits per heavy atom. The average Bonchev–Trinajstić information content (AvgIpc) is 2.70. The molecule has 0 aromatic heterocycles. The van der Waals surface area contributed by atoms with E-state index in [2.05, 4.69) is 0 Å². The molecule has 0 amide bonds. The number of ketones is 1. The molecule has 6 nitrogen and oxygen atoms in total. The second-order valence-electron chi connectivity index (χ2n) is 5.74. The molecule has 0 N–H and O–H groups in total. The molecule has 27 heavy (non-hydrogen) atoms. The molecular weight excluding hydrogens is 346 g/mol. The summed E-state index contributed by atoms with van der Waals surface area (Å²) in [6.07, 6.45) is 2.64. The maximum absolute atomic E-state index is 12.4. The predicted octanol–water partition coefficient (Wildman–Crippen LogP) is 4.19. The molecule has 0 heterocycles. The topological polar surface area (TPSA) is 86.5 Å². The van der Waals surface area contributed by atoms with E-state index in [-0.39, 0.29) is 18.1 Å². The van der Waals surface area contributed by atoms with Crippen LogP contribution in [-0.2, 0) is 9.53 Å². The third-order valence-electron chi connectivity index (χ3n) is 3.95. The highest BCUT2D eigenvalue weighted by molar-refractivity contribution is 6.09. The van der Waals surface area contributed by atoms with Gasteiger partial charge in [0.25, 0.3) is 5.69 Å². The van der Waals surface area contributed by atoms with E-state index in [1.54, 1.807) is 12.1 Å². The Kier molecular flexibility index (Phi) is 5.37. The highest BCUT2D eigenvalue weighted by Gasteiger charge is 2.11. The second kappa shape index (κ2) is 8.05. The number of ether oxygens (including phenoxy) is 1. The van der Waals surface area contributed by atoms with Crippen LogP contribution in [-0.4, -0.2) is 23.3 Å². The standard InChI is InChI=1S/C21H15NO5/c23-20(19-7-3-5-16-4-1-2-6-18(16)19)14-27-21(24)13-10-15-8-11-17(12-9-15)22(25)26/h1-13H,14H2/b13-10+. The number of esters is 1. The lowest BCUT2D eigenvalue weighted by molar-refractivity contribution is -0.384. The summed E-state index contributed by atoms with van der Waals surface area (Å²) in [6.45, 7) is -0.364. The zero-order valence-electron chi connectivity index (χ0n) is 14.2. The summed E-state index contributed by atoms with van der Waals surface area (Å²) in [5.74, 6) is -0.953. The number of nitro groups is 1. The number of nitrogens with zero attached hydrogens (tertiary/aromatic N) is 1. The Bertz CT molecular complexity index is 1030. The SMILES string of the molecule is O=C(/C=C/c1ccc([N+](=O)[O-])cc1)OCC(=O)c1cccc2ccccc12. The van der Waals surface area contributed by atoms with E-state index in [9.17, 15) is 19.7 Å². The molecule has 3 aromatic carbocycles. The number of non-ortho nitro benzene ring substituents is 1.